The molecule has 10 heteroatoms. The number of sulfonamides is 1. The number of allylic oxidation sites excluding steroid dienone is 3. The summed E-state index contributed by atoms with van der Waals surface area (Å²) in [6.45, 7) is 0. The molecule has 1 aliphatic carbocycles. The highest BCUT2D eigenvalue weighted by Crippen LogP contribution is 2.37. The number of primary sulfonamides is 1. The number of nitrogen functional groups attached to an aromatic ring is 1. The van der Waals surface area contributed by atoms with Gasteiger partial charge in [0, 0.05) is 5.69 Å². The van der Waals surface area contributed by atoms with E-state index in [1.54, 1.807) is 30.3 Å². The van der Waals surface area contributed by atoms with Gasteiger partial charge in [-0.2, -0.15) is 13.2 Å². The minimum Gasteiger partial charge on any atom is -0.399 e. The minimum absolute atomic E-state index is 0.0820. The number of anilines is 1. The molecule has 3 rings (SSSR count). The molecule has 0 radical (unpaired) electrons. The van der Waals surface area contributed by atoms with Crippen LogP contribution in [0.3, 0.4) is 0 Å². The number of rotatable bonds is 3. The molecule has 0 saturated heterocycles. The Morgan fingerprint density at radius 3 is 2.35 bits per heavy atom. The molecule has 5 N–H and O–H groups in total. The topological polar surface area (TPSA) is 101 Å². The zero-order valence-electron chi connectivity index (χ0n) is 13.4. The fourth-order valence-corrected chi connectivity index (χ4v) is 3.46. The number of benzene rings is 1. The summed E-state index contributed by atoms with van der Waals surface area (Å²) in [5.41, 5.74) is 8.63. The molecule has 1 aromatic carbocycles. The lowest BCUT2D eigenvalue weighted by Gasteiger charge is -2.30. The van der Waals surface area contributed by atoms with E-state index >= 15 is 0 Å². The summed E-state index contributed by atoms with van der Waals surface area (Å²) in [5, 5.41) is 5.56. The molecule has 1 aromatic rings. The smallest absolute Gasteiger partial charge is 0.399 e. The van der Waals surface area contributed by atoms with Gasteiger partial charge in [0.15, 0.2) is 0 Å². The fourth-order valence-electron chi connectivity index (χ4n) is 2.80. The van der Waals surface area contributed by atoms with E-state index in [2.05, 4.69) is 5.43 Å². The van der Waals surface area contributed by atoms with Crippen molar-refractivity contribution in [3.63, 3.8) is 0 Å². The van der Waals surface area contributed by atoms with E-state index in [1.165, 1.54) is 17.2 Å². The molecule has 2 unspecified atom stereocenters. The van der Waals surface area contributed by atoms with Gasteiger partial charge < -0.3 is 5.73 Å². The summed E-state index contributed by atoms with van der Waals surface area (Å²) in [7, 11) is -3.75. The van der Waals surface area contributed by atoms with Gasteiger partial charge in [-0.3, -0.25) is 10.4 Å². The van der Waals surface area contributed by atoms with Crippen molar-refractivity contribution in [3.05, 3.63) is 65.5 Å². The molecule has 0 bridgehead atoms. The maximum Gasteiger partial charge on any atom is 0.432 e. The first-order chi connectivity index (χ1) is 12.1. The SMILES string of the molecule is Nc1ccc(C2C=C(C(F)(F)F)NN2C2=CCC(S(N)(=O)=O)C=C2)cc1. The summed E-state index contributed by atoms with van der Waals surface area (Å²) in [4.78, 5) is 0. The predicted molar refractivity (Wildman–Crippen MR) is 91.4 cm³/mol. The van der Waals surface area contributed by atoms with E-state index in [1.807, 2.05) is 0 Å². The highest BCUT2D eigenvalue weighted by molar-refractivity contribution is 7.89. The third-order valence-electron chi connectivity index (χ3n) is 4.17. The maximum absolute atomic E-state index is 13.2. The number of hydrogen-bond acceptors (Lipinski definition) is 5. The van der Waals surface area contributed by atoms with Crippen LogP contribution in [0, 0.1) is 0 Å². The fraction of sp³-hybridized carbons (Fsp3) is 0.250. The third-order valence-corrected chi connectivity index (χ3v) is 5.36. The number of nitrogens with one attached hydrogen (secondary N) is 1. The number of halogens is 3. The van der Waals surface area contributed by atoms with Gasteiger partial charge in [0.05, 0.1) is 17.0 Å². The van der Waals surface area contributed by atoms with Crippen LogP contribution in [0.15, 0.2) is 60.0 Å². The Morgan fingerprint density at radius 1 is 1.19 bits per heavy atom. The van der Waals surface area contributed by atoms with Gasteiger partial charge in [-0.15, -0.1) is 0 Å². The van der Waals surface area contributed by atoms with Gasteiger partial charge >= 0.3 is 6.18 Å². The summed E-state index contributed by atoms with van der Waals surface area (Å²) in [6, 6.07) is 5.77. The van der Waals surface area contributed by atoms with Gasteiger partial charge in [0.25, 0.3) is 0 Å². The Bertz CT molecular complexity index is 889. The van der Waals surface area contributed by atoms with Crippen molar-refractivity contribution in [2.24, 2.45) is 5.14 Å². The largest absolute Gasteiger partial charge is 0.432 e. The van der Waals surface area contributed by atoms with E-state index in [-0.39, 0.29) is 6.42 Å². The van der Waals surface area contributed by atoms with Crippen LogP contribution in [0.5, 0.6) is 0 Å². The lowest BCUT2D eigenvalue weighted by atomic mass is 10.0. The van der Waals surface area contributed by atoms with Crippen molar-refractivity contribution >= 4 is 15.7 Å². The second-order valence-corrected chi connectivity index (χ2v) is 7.81. The molecule has 2 aliphatic rings. The summed E-state index contributed by atoms with van der Waals surface area (Å²) >= 11 is 0. The van der Waals surface area contributed by atoms with Crippen molar-refractivity contribution in [2.45, 2.75) is 23.9 Å². The zero-order valence-corrected chi connectivity index (χ0v) is 14.3. The molecule has 26 heavy (non-hydrogen) atoms. The second kappa shape index (κ2) is 6.36. The molecule has 0 saturated carbocycles. The van der Waals surface area contributed by atoms with Gasteiger partial charge in [0.2, 0.25) is 10.0 Å². The Hall–Kier alpha value is -2.46. The number of hydrogen-bond donors (Lipinski definition) is 3. The predicted octanol–water partition coefficient (Wildman–Crippen LogP) is 2.08. The molecule has 1 heterocycles. The van der Waals surface area contributed by atoms with Gasteiger partial charge in [-0.1, -0.05) is 24.3 Å². The molecule has 0 fully saturated rings. The first kappa shape index (κ1) is 18.3. The van der Waals surface area contributed by atoms with Crippen LogP contribution in [-0.2, 0) is 10.0 Å². The summed E-state index contributed by atoms with van der Waals surface area (Å²) in [6.07, 6.45) is 0.980. The number of nitrogens with two attached hydrogens (primary N) is 2. The number of nitrogens with zero attached hydrogens (tertiary/aromatic N) is 1. The van der Waals surface area contributed by atoms with Crippen LogP contribution in [0.2, 0.25) is 0 Å². The van der Waals surface area contributed by atoms with Crippen LogP contribution in [0.1, 0.15) is 18.0 Å². The molecule has 0 spiro atoms. The number of hydrazine groups is 1. The molecule has 2 atom stereocenters. The van der Waals surface area contributed by atoms with Crippen molar-refractivity contribution in [1.82, 2.24) is 10.4 Å². The Labute approximate surface area is 148 Å². The van der Waals surface area contributed by atoms with Crippen molar-refractivity contribution in [1.29, 1.82) is 0 Å². The van der Waals surface area contributed by atoms with Crippen LogP contribution < -0.4 is 16.3 Å². The van der Waals surface area contributed by atoms with Crippen LogP contribution in [0.4, 0.5) is 18.9 Å². The van der Waals surface area contributed by atoms with Crippen molar-refractivity contribution in [3.8, 4) is 0 Å². The third kappa shape index (κ3) is 3.70. The highest BCUT2D eigenvalue weighted by Gasteiger charge is 2.41. The van der Waals surface area contributed by atoms with Gasteiger partial charge in [-0.25, -0.2) is 13.6 Å². The van der Waals surface area contributed by atoms with Gasteiger partial charge in [-0.05, 0) is 36.3 Å². The molecule has 1 aliphatic heterocycles. The molecule has 0 amide bonds. The summed E-state index contributed by atoms with van der Waals surface area (Å²) < 4.78 is 62.3. The highest BCUT2D eigenvalue weighted by atomic mass is 32.2. The molecule has 140 valence electrons. The average Bonchev–Trinajstić information content (AvgIpc) is 3.00. The maximum atomic E-state index is 13.2. The van der Waals surface area contributed by atoms with E-state index in [9.17, 15) is 21.6 Å². The first-order valence-corrected chi connectivity index (χ1v) is 9.27. The Morgan fingerprint density at radius 2 is 1.85 bits per heavy atom. The lowest BCUT2D eigenvalue weighted by molar-refractivity contribution is -0.0995. The molecular formula is C16H17F3N4O2S. The number of alkyl halides is 3. The van der Waals surface area contributed by atoms with E-state index in [0.29, 0.717) is 16.9 Å². The normalized spacial score (nSPS) is 23.5. The monoisotopic (exact) mass is 386 g/mol. The van der Waals surface area contributed by atoms with Crippen molar-refractivity contribution in [2.75, 3.05) is 5.73 Å². The Kier molecular flexibility index (Phi) is 4.49. The van der Waals surface area contributed by atoms with Crippen LogP contribution in [-0.4, -0.2) is 24.9 Å². The average molecular weight is 386 g/mol. The molecule has 0 aromatic heterocycles. The standard InChI is InChI=1S/C16H17F3N4O2S/c17-16(18,19)15-9-14(10-1-3-11(20)4-2-10)23(22-15)12-5-7-13(8-6-12)26(21,24)25/h1-7,9,13-14,22H,8,20H2,(H2,21,24,25). The quantitative estimate of drug-likeness (QED) is 0.691. The van der Waals surface area contributed by atoms with Crippen LogP contribution >= 0.6 is 0 Å². The van der Waals surface area contributed by atoms with Crippen molar-refractivity contribution < 1.29 is 21.6 Å². The second-order valence-electron chi connectivity index (χ2n) is 6.02. The van der Waals surface area contributed by atoms with Crippen LogP contribution in [0.25, 0.3) is 0 Å². The van der Waals surface area contributed by atoms with E-state index < -0.39 is 33.2 Å². The lowest BCUT2D eigenvalue weighted by Crippen LogP contribution is -2.37. The minimum atomic E-state index is -4.54. The Balaban J connectivity index is 1.92. The van der Waals surface area contributed by atoms with Gasteiger partial charge in [0.1, 0.15) is 5.70 Å². The first-order valence-electron chi connectivity index (χ1n) is 7.66. The molecular weight excluding hydrogens is 369 g/mol. The zero-order chi connectivity index (χ0) is 19.1. The van der Waals surface area contributed by atoms with E-state index in [4.69, 9.17) is 10.9 Å². The molecule has 6 nitrogen and oxygen atoms in total. The summed E-state index contributed by atoms with van der Waals surface area (Å²) in [5.74, 6) is 0. The van der Waals surface area contributed by atoms with E-state index in [0.717, 1.165) is 6.08 Å².